The van der Waals surface area contributed by atoms with Crippen LogP contribution >= 0.6 is 11.6 Å². The van der Waals surface area contributed by atoms with Crippen LogP contribution in [0.3, 0.4) is 0 Å². The monoisotopic (exact) mass is 375 g/mol. The van der Waals surface area contributed by atoms with Crippen LogP contribution < -0.4 is 14.8 Å². The number of benzene rings is 2. The Labute approximate surface area is 156 Å². The number of rotatable bonds is 7. The number of methoxy groups -OCH3 is 1. The maximum absolute atomic E-state index is 11.2. The zero-order valence-corrected chi connectivity index (χ0v) is 15.0. The molecule has 0 aromatic heterocycles. The molecule has 0 aliphatic rings. The minimum atomic E-state index is -1.24. The summed E-state index contributed by atoms with van der Waals surface area (Å²) in [7, 11) is 1.48. The molecule has 1 amide bonds. The van der Waals surface area contributed by atoms with Crippen molar-refractivity contribution < 1.29 is 24.2 Å². The smallest absolute Gasteiger partial charge is 0.352 e. The third-order valence-corrected chi connectivity index (χ3v) is 3.75. The van der Waals surface area contributed by atoms with E-state index in [9.17, 15) is 9.59 Å². The average Bonchev–Trinajstić information content (AvgIpc) is 2.60. The summed E-state index contributed by atoms with van der Waals surface area (Å²) in [5.74, 6) is -0.789. The molecule has 0 saturated carbocycles. The molecule has 0 unspecified atom stereocenters. The van der Waals surface area contributed by atoms with E-state index in [1.165, 1.54) is 20.1 Å². The number of halogens is 1. The number of aliphatic carboxylic acids is 1. The highest BCUT2D eigenvalue weighted by Crippen LogP contribution is 2.30. The normalized spacial score (nSPS) is 11.0. The molecule has 0 radical (unpaired) electrons. The van der Waals surface area contributed by atoms with E-state index in [1.807, 2.05) is 18.2 Å². The maximum Gasteiger partial charge on any atom is 0.352 e. The average molecular weight is 376 g/mol. The fourth-order valence-corrected chi connectivity index (χ4v) is 2.36. The summed E-state index contributed by atoms with van der Waals surface area (Å²) >= 11 is 6.11. The third kappa shape index (κ3) is 5.26. The lowest BCUT2D eigenvalue weighted by atomic mass is 10.1. The summed E-state index contributed by atoms with van der Waals surface area (Å²) in [4.78, 5) is 22.3. The standard InChI is InChI=1S/C19H18ClNO5/c1-12(22)21-16(19(23)24)9-13-7-8-17(18(10-13)25-2)26-11-14-5-3-4-6-15(14)20/h3-10H,11H2,1-2H3,(H,21,22)(H,23,24). The van der Waals surface area contributed by atoms with Gasteiger partial charge in [0.2, 0.25) is 5.91 Å². The van der Waals surface area contributed by atoms with Crippen LogP contribution in [-0.2, 0) is 16.2 Å². The fraction of sp³-hybridized carbons (Fsp3) is 0.158. The molecule has 0 aliphatic heterocycles. The Kier molecular flexibility index (Phi) is 6.63. The lowest BCUT2D eigenvalue weighted by Crippen LogP contribution is -2.24. The number of carboxylic acid groups (broad SMARTS) is 1. The van der Waals surface area contributed by atoms with Crippen LogP contribution in [0.15, 0.2) is 48.2 Å². The van der Waals surface area contributed by atoms with Gasteiger partial charge in [0, 0.05) is 17.5 Å². The van der Waals surface area contributed by atoms with Gasteiger partial charge in [-0.25, -0.2) is 4.79 Å². The predicted octanol–water partition coefficient (Wildman–Crippen LogP) is 3.49. The van der Waals surface area contributed by atoms with Crippen LogP contribution in [0.5, 0.6) is 11.5 Å². The highest BCUT2D eigenvalue weighted by molar-refractivity contribution is 6.31. The van der Waals surface area contributed by atoms with E-state index in [4.69, 9.17) is 26.2 Å². The number of ether oxygens (including phenoxy) is 2. The quantitative estimate of drug-likeness (QED) is 0.723. The van der Waals surface area contributed by atoms with Gasteiger partial charge in [0.25, 0.3) is 0 Å². The van der Waals surface area contributed by atoms with Crippen LogP contribution in [0.2, 0.25) is 5.02 Å². The highest BCUT2D eigenvalue weighted by atomic mass is 35.5. The van der Waals surface area contributed by atoms with E-state index in [-0.39, 0.29) is 12.3 Å². The molecular weight excluding hydrogens is 358 g/mol. The third-order valence-electron chi connectivity index (χ3n) is 3.38. The number of carboxylic acids is 1. The summed E-state index contributed by atoms with van der Waals surface area (Å²) in [5, 5.41) is 12.0. The summed E-state index contributed by atoms with van der Waals surface area (Å²) < 4.78 is 11.1. The van der Waals surface area contributed by atoms with Gasteiger partial charge in [-0.2, -0.15) is 0 Å². The Hall–Kier alpha value is -2.99. The summed E-state index contributed by atoms with van der Waals surface area (Å²) in [6.07, 6.45) is 1.34. The van der Waals surface area contributed by atoms with Crippen LogP contribution in [-0.4, -0.2) is 24.1 Å². The van der Waals surface area contributed by atoms with E-state index < -0.39 is 11.9 Å². The predicted molar refractivity (Wildman–Crippen MR) is 98.2 cm³/mol. The second-order valence-corrected chi connectivity index (χ2v) is 5.74. The maximum atomic E-state index is 11.2. The molecule has 0 bridgehead atoms. The van der Waals surface area contributed by atoms with E-state index in [1.54, 1.807) is 24.3 Å². The molecule has 2 aromatic carbocycles. The topological polar surface area (TPSA) is 84.9 Å². The molecule has 6 nitrogen and oxygen atoms in total. The minimum absolute atomic E-state index is 0.232. The molecule has 7 heteroatoms. The van der Waals surface area contributed by atoms with Gasteiger partial charge in [-0.3, -0.25) is 4.79 Å². The van der Waals surface area contributed by atoms with Gasteiger partial charge in [-0.15, -0.1) is 0 Å². The second-order valence-electron chi connectivity index (χ2n) is 5.33. The van der Waals surface area contributed by atoms with Gasteiger partial charge < -0.3 is 19.9 Å². The van der Waals surface area contributed by atoms with E-state index in [0.29, 0.717) is 22.1 Å². The van der Waals surface area contributed by atoms with Gasteiger partial charge >= 0.3 is 5.97 Å². The zero-order valence-electron chi connectivity index (χ0n) is 14.3. The first kappa shape index (κ1) is 19.3. The molecule has 2 rings (SSSR count). The molecular formula is C19H18ClNO5. The van der Waals surface area contributed by atoms with Crippen molar-refractivity contribution in [2.45, 2.75) is 13.5 Å². The summed E-state index contributed by atoms with van der Waals surface area (Å²) in [6, 6.07) is 12.3. The minimum Gasteiger partial charge on any atom is -0.493 e. The Morgan fingerprint density at radius 1 is 1.19 bits per heavy atom. The molecule has 2 N–H and O–H groups in total. The Morgan fingerprint density at radius 2 is 1.92 bits per heavy atom. The van der Waals surface area contributed by atoms with Crippen molar-refractivity contribution in [3.8, 4) is 11.5 Å². The van der Waals surface area contributed by atoms with Crippen LogP contribution in [0.4, 0.5) is 0 Å². The van der Waals surface area contributed by atoms with Gasteiger partial charge in [0.1, 0.15) is 12.3 Å². The van der Waals surface area contributed by atoms with E-state index >= 15 is 0 Å². The van der Waals surface area contributed by atoms with Gasteiger partial charge in [0.05, 0.1) is 7.11 Å². The molecule has 0 aliphatic carbocycles. The SMILES string of the molecule is COc1cc(C=C(NC(C)=O)C(=O)O)ccc1OCc1ccccc1Cl. The van der Waals surface area contributed by atoms with Crippen molar-refractivity contribution in [3.05, 3.63) is 64.3 Å². The van der Waals surface area contributed by atoms with E-state index in [2.05, 4.69) is 5.32 Å². The van der Waals surface area contributed by atoms with Crippen LogP contribution in [0, 0.1) is 0 Å². The molecule has 0 spiro atoms. The highest BCUT2D eigenvalue weighted by Gasteiger charge is 2.11. The number of nitrogens with one attached hydrogen (secondary N) is 1. The van der Waals surface area contributed by atoms with Gasteiger partial charge in [0.15, 0.2) is 11.5 Å². The first-order chi connectivity index (χ1) is 12.4. The number of carbonyl (C=O) groups excluding carboxylic acids is 1. The van der Waals surface area contributed by atoms with Crippen molar-refractivity contribution in [2.75, 3.05) is 7.11 Å². The Bertz CT molecular complexity index is 848. The first-order valence-corrected chi connectivity index (χ1v) is 8.05. The van der Waals surface area contributed by atoms with Crippen molar-refractivity contribution in [3.63, 3.8) is 0 Å². The van der Waals surface area contributed by atoms with Crippen molar-refractivity contribution in [1.29, 1.82) is 0 Å². The number of amides is 1. The van der Waals surface area contributed by atoms with Crippen molar-refractivity contribution >= 4 is 29.6 Å². The van der Waals surface area contributed by atoms with Crippen molar-refractivity contribution in [2.24, 2.45) is 0 Å². The second kappa shape index (κ2) is 8.92. The molecule has 0 saturated heterocycles. The van der Waals surface area contributed by atoms with Crippen molar-refractivity contribution in [1.82, 2.24) is 5.32 Å². The summed E-state index contributed by atoms with van der Waals surface area (Å²) in [5.41, 5.74) is 1.14. The largest absolute Gasteiger partial charge is 0.493 e. The zero-order chi connectivity index (χ0) is 19.1. The van der Waals surface area contributed by atoms with Gasteiger partial charge in [-0.05, 0) is 29.8 Å². The van der Waals surface area contributed by atoms with Gasteiger partial charge in [-0.1, -0.05) is 35.9 Å². The molecule has 136 valence electrons. The Balaban J connectivity index is 2.22. The van der Waals surface area contributed by atoms with Crippen LogP contribution in [0.25, 0.3) is 6.08 Å². The number of hydrogen-bond donors (Lipinski definition) is 2. The number of hydrogen-bond acceptors (Lipinski definition) is 4. The molecule has 0 fully saturated rings. The molecule has 26 heavy (non-hydrogen) atoms. The lowest BCUT2D eigenvalue weighted by Gasteiger charge is -2.12. The fourth-order valence-electron chi connectivity index (χ4n) is 2.17. The lowest BCUT2D eigenvalue weighted by molar-refractivity contribution is -0.134. The molecule has 0 heterocycles. The van der Waals surface area contributed by atoms with Crippen LogP contribution in [0.1, 0.15) is 18.1 Å². The summed E-state index contributed by atoms with van der Waals surface area (Å²) in [6.45, 7) is 1.50. The molecule has 2 aromatic rings. The Morgan fingerprint density at radius 3 is 2.54 bits per heavy atom. The number of carbonyl (C=O) groups is 2. The molecule has 0 atom stereocenters. The van der Waals surface area contributed by atoms with E-state index in [0.717, 1.165) is 5.56 Å². The first-order valence-electron chi connectivity index (χ1n) is 7.67.